The molecule has 0 saturated carbocycles. The van der Waals surface area contributed by atoms with Gasteiger partial charge < -0.3 is 0 Å². The summed E-state index contributed by atoms with van der Waals surface area (Å²) in [5.41, 5.74) is 0. The summed E-state index contributed by atoms with van der Waals surface area (Å²) in [6.07, 6.45) is 3.58. The van der Waals surface area contributed by atoms with Gasteiger partial charge in [-0.1, -0.05) is 6.08 Å². The molecule has 0 amide bonds. The molecule has 54 valence electrons. The quantitative estimate of drug-likeness (QED) is 0.314. The molecule has 1 nitrogen and oxygen atoms in total. The largest absolute Gasteiger partial charge is 0.147 e. The van der Waals surface area contributed by atoms with Crippen LogP contribution in [0.25, 0.3) is 0 Å². The van der Waals surface area contributed by atoms with E-state index < -0.39 is 0 Å². The van der Waals surface area contributed by atoms with E-state index in [1.807, 2.05) is 6.08 Å². The third kappa shape index (κ3) is 5.50. The Morgan fingerprint density at radius 1 is 1.67 bits per heavy atom. The van der Waals surface area contributed by atoms with Crippen LogP contribution in [-0.4, -0.2) is 18.2 Å². The highest BCUT2D eigenvalue weighted by molar-refractivity contribution is 4.65. The maximum Gasteiger partial charge on any atom is 0.0293 e. The van der Waals surface area contributed by atoms with Gasteiger partial charge in [0.25, 0.3) is 0 Å². The molecule has 0 aliphatic rings. The Morgan fingerprint density at radius 2 is 2.33 bits per heavy atom. The van der Waals surface area contributed by atoms with Crippen molar-refractivity contribution in [2.24, 2.45) is 0 Å². The van der Waals surface area contributed by atoms with E-state index in [0.717, 1.165) is 18.0 Å². The highest BCUT2D eigenvalue weighted by Gasteiger charge is 1.94. The van der Waals surface area contributed by atoms with Crippen molar-refractivity contribution in [2.75, 3.05) is 13.1 Å². The van der Waals surface area contributed by atoms with Crippen LogP contribution in [0.4, 0.5) is 4.48 Å². The van der Waals surface area contributed by atoms with Gasteiger partial charge in [0.1, 0.15) is 0 Å². The Kier molecular flexibility index (Phi) is 5.52. The Balaban J connectivity index is 2.96. The number of unbranched alkanes of at least 4 members (excludes halogenated alkanes) is 1. The van der Waals surface area contributed by atoms with Crippen LogP contribution in [0.1, 0.15) is 19.8 Å². The van der Waals surface area contributed by atoms with E-state index in [9.17, 15) is 4.48 Å². The van der Waals surface area contributed by atoms with Crippen molar-refractivity contribution in [2.45, 2.75) is 19.8 Å². The highest BCUT2D eigenvalue weighted by Crippen LogP contribution is 1.94. The number of rotatable bonds is 5. The molecule has 9 heavy (non-hydrogen) atoms. The Bertz CT molecular complexity index is 73.3. The summed E-state index contributed by atoms with van der Waals surface area (Å²) in [6.45, 7) is 6.36. The van der Waals surface area contributed by atoms with Crippen LogP contribution in [0.2, 0.25) is 0 Å². The van der Waals surface area contributed by atoms with Crippen molar-refractivity contribution < 1.29 is 4.48 Å². The van der Waals surface area contributed by atoms with E-state index in [-0.39, 0.29) is 0 Å². The van der Waals surface area contributed by atoms with Crippen molar-refractivity contribution in [3.05, 3.63) is 12.7 Å². The van der Waals surface area contributed by atoms with E-state index in [1.54, 1.807) is 6.92 Å². The molecule has 0 atom stereocenters. The maximum absolute atomic E-state index is 12.3. The first kappa shape index (κ1) is 8.63. The van der Waals surface area contributed by atoms with E-state index in [1.165, 1.54) is 0 Å². The fraction of sp³-hybridized carbons (Fsp3) is 0.714. The monoisotopic (exact) mass is 131 g/mol. The van der Waals surface area contributed by atoms with Crippen LogP contribution in [-0.2, 0) is 0 Å². The fourth-order valence-electron chi connectivity index (χ4n) is 0.565. The minimum atomic E-state index is 0.483. The van der Waals surface area contributed by atoms with Crippen LogP contribution in [0.15, 0.2) is 12.7 Å². The van der Waals surface area contributed by atoms with Crippen molar-refractivity contribution in [1.29, 1.82) is 0 Å². The van der Waals surface area contributed by atoms with E-state index >= 15 is 0 Å². The van der Waals surface area contributed by atoms with Crippen LogP contribution < -0.4 is 0 Å². The normalized spacial score (nSPS) is 10.1. The number of hydrogen-bond donors (Lipinski definition) is 0. The van der Waals surface area contributed by atoms with Crippen LogP contribution >= 0.6 is 0 Å². The second kappa shape index (κ2) is 5.76. The topological polar surface area (TPSA) is 3.24 Å². The maximum atomic E-state index is 12.3. The molecule has 0 aromatic carbocycles. The van der Waals surface area contributed by atoms with Gasteiger partial charge in [-0.3, -0.25) is 0 Å². The van der Waals surface area contributed by atoms with Crippen molar-refractivity contribution >= 4 is 0 Å². The first-order valence-electron chi connectivity index (χ1n) is 3.33. The molecule has 0 radical (unpaired) electrons. The summed E-state index contributed by atoms with van der Waals surface area (Å²) in [4.78, 5) is 0. The molecule has 0 aliphatic heterocycles. The Hall–Kier alpha value is -0.370. The molecule has 0 spiro atoms. The van der Waals surface area contributed by atoms with Gasteiger partial charge in [-0.2, -0.15) is 0 Å². The number of halogens is 1. The first-order chi connectivity index (χ1) is 4.31. The molecular formula is C7H14FN. The summed E-state index contributed by atoms with van der Waals surface area (Å²) >= 11 is 0. The van der Waals surface area contributed by atoms with Gasteiger partial charge in [-0.15, -0.1) is 16.2 Å². The second-order valence-electron chi connectivity index (χ2n) is 1.93. The number of allylic oxidation sites excluding steroid dienone is 1. The lowest BCUT2D eigenvalue weighted by atomic mass is 10.3. The zero-order valence-corrected chi connectivity index (χ0v) is 5.94. The summed E-state index contributed by atoms with van der Waals surface area (Å²) in [5, 5.41) is 0.809. The lowest BCUT2D eigenvalue weighted by Crippen LogP contribution is -2.13. The van der Waals surface area contributed by atoms with Gasteiger partial charge in [0.2, 0.25) is 0 Å². The number of hydrogen-bond acceptors (Lipinski definition) is 1. The molecule has 0 fully saturated rings. The molecular weight excluding hydrogens is 117 g/mol. The molecule has 0 bridgehead atoms. The smallest absolute Gasteiger partial charge is 0.0293 e. The van der Waals surface area contributed by atoms with Gasteiger partial charge in [-0.05, 0) is 19.8 Å². The van der Waals surface area contributed by atoms with E-state index in [0.29, 0.717) is 13.1 Å². The van der Waals surface area contributed by atoms with Crippen LogP contribution in [0.3, 0.4) is 0 Å². The van der Waals surface area contributed by atoms with Gasteiger partial charge >= 0.3 is 0 Å². The van der Waals surface area contributed by atoms with Crippen LogP contribution in [0, 0.1) is 0 Å². The molecule has 0 unspecified atom stereocenters. The summed E-state index contributed by atoms with van der Waals surface area (Å²) in [7, 11) is 0. The molecule has 0 aliphatic carbocycles. The number of nitrogens with zero attached hydrogens (tertiary/aromatic N) is 1. The SMILES string of the molecule is C=CCCCN(F)CC. The molecule has 0 N–H and O–H groups in total. The highest BCUT2D eigenvalue weighted by atomic mass is 19.2. The summed E-state index contributed by atoms with van der Waals surface area (Å²) in [5.74, 6) is 0. The standard InChI is InChI=1S/C7H14FN/c1-3-5-6-7-9(8)4-2/h3H,1,4-7H2,2H3. The van der Waals surface area contributed by atoms with Gasteiger partial charge in [0, 0.05) is 13.1 Å². The fourth-order valence-corrected chi connectivity index (χ4v) is 0.565. The lowest BCUT2D eigenvalue weighted by molar-refractivity contribution is 0.0312. The molecule has 0 aromatic rings. The summed E-state index contributed by atoms with van der Waals surface area (Å²) in [6, 6.07) is 0. The molecule has 0 saturated heterocycles. The Labute approximate surface area is 56.1 Å². The van der Waals surface area contributed by atoms with Gasteiger partial charge in [0.15, 0.2) is 0 Å². The minimum absolute atomic E-state index is 0.483. The lowest BCUT2D eigenvalue weighted by Gasteiger charge is -2.05. The molecule has 0 heterocycles. The summed E-state index contributed by atoms with van der Waals surface area (Å²) < 4.78 is 12.3. The van der Waals surface area contributed by atoms with E-state index in [4.69, 9.17) is 0 Å². The van der Waals surface area contributed by atoms with Gasteiger partial charge in [-0.25, -0.2) is 0 Å². The Morgan fingerprint density at radius 3 is 2.78 bits per heavy atom. The third-order valence-electron chi connectivity index (χ3n) is 1.15. The van der Waals surface area contributed by atoms with Crippen molar-refractivity contribution in [3.8, 4) is 0 Å². The van der Waals surface area contributed by atoms with Crippen molar-refractivity contribution in [1.82, 2.24) is 5.12 Å². The van der Waals surface area contributed by atoms with Crippen LogP contribution in [0.5, 0.6) is 0 Å². The molecule has 0 aromatic heterocycles. The minimum Gasteiger partial charge on any atom is -0.147 e. The average molecular weight is 131 g/mol. The molecule has 0 rings (SSSR count). The first-order valence-corrected chi connectivity index (χ1v) is 3.33. The zero-order chi connectivity index (χ0) is 7.11. The molecule has 2 heteroatoms. The predicted octanol–water partition coefficient (Wildman–Crippen LogP) is 2.16. The zero-order valence-electron chi connectivity index (χ0n) is 5.94. The van der Waals surface area contributed by atoms with E-state index in [2.05, 4.69) is 6.58 Å². The average Bonchev–Trinajstić information content (AvgIpc) is 1.89. The predicted molar refractivity (Wildman–Crippen MR) is 37.8 cm³/mol. The second-order valence-corrected chi connectivity index (χ2v) is 1.93. The van der Waals surface area contributed by atoms with Gasteiger partial charge in [0.05, 0.1) is 0 Å². The van der Waals surface area contributed by atoms with Crippen molar-refractivity contribution in [3.63, 3.8) is 0 Å². The third-order valence-corrected chi connectivity index (χ3v) is 1.15.